The fraction of sp³-hybridized carbons (Fsp3) is 0.417. The lowest BCUT2D eigenvalue weighted by molar-refractivity contribution is -0.141. The van der Waals surface area contributed by atoms with Gasteiger partial charge in [-0.25, -0.2) is 9.97 Å². The Balaban J connectivity index is 2.00. The highest BCUT2D eigenvalue weighted by molar-refractivity contribution is 6.37. The quantitative estimate of drug-likeness (QED) is 0.865. The normalized spacial score (nSPS) is 23.1. The van der Waals surface area contributed by atoms with Gasteiger partial charge in [-0.3, -0.25) is 4.79 Å². The predicted molar refractivity (Wildman–Crippen MR) is 71.6 cm³/mol. The van der Waals surface area contributed by atoms with Crippen molar-refractivity contribution in [2.75, 3.05) is 0 Å². The standard InChI is InChI=1S/C12H11Cl2N3O2/c13-8-4-9(14)16-11-10(8)15-5-17(11)7-2-1-6(3-7)12(18)19/h4-7H,1-3H2,(H,18,19)/t6?,7-/m0/s1. The third kappa shape index (κ3) is 2.17. The highest BCUT2D eigenvalue weighted by Gasteiger charge is 2.31. The molecule has 5 nitrogen and oxygen atoms in total. The molecule has 1 aliphatic carbocycles. The van der Waals surface area contributed by atoms with Crippen LogP contribution in [0.15, 0.2) is 12.4 Å². The number of halogens is 2. The molecule has 1 N–H and O–H groups in total. The first-order valence-electron chi connectivity index (χ1n) is 5.97. The van der Waals surface area contributed by atoms with E-state index in [4.69, 9.17) is 28.3 Å². The molecule has 7 heteroatoms. The van der Waals surface area contributed by atoms with Gasteiger partial charge in [0.2, 0.25) is 0 Å². The molecule has 3 rings (SSSR count). The summed E-state index contributed by atoms with van der Waals surface area (Å²) in [4.78, 5) is 19.5. The zero-order valence-electron chi connectivity index (χ0n) is 9.88. The summed E-state index contributed by atoms with van der Waals surface area (Å²) in [5.74, 6) is -1.03. The number of hydrogen-bond acceptors (Lipinski definition) is 3. The minimum absolute atomic E-state index is 0.0909. The van der Waals surface area contributed by atoms with Crippen LogP contribution in [0.3, 0.4) is 0 Å². The van der Waals surface area contributed by atoms with E-state index in [1.54, 1.807) is 12.4 Å². The monoisotopic (exact) mass is 299 g/mol. The van der Waals surface area contributed by atoms with Gasteiger partial charge in [0.25, 0.3) is 0 Å². The largest absolute Gasteiger partial charge is 0.481 e. The first-order valence-corrected chi connectivity index (χ1v) is 6.73. The fourth-order valence-electron chi connectivity index (χ4n) is 2.64. The topological polar surface area (TPSA) is 68.0 Å². The number of aromatic nitrogens is 3. The van der Waals surface area contributed by atoms with Crippen molar-refractivity contribution in [2.45, 2.75) is 25.3 Å². The Morgan fingerprint density at radius 1 is 1.42 bits per heavy atom. The van der Waals surface area contributed by atoms with Gasteiger partial charge in [-0.2, -0.15) is 0 Å². The number of aliphatic carboxylic acids is 1. The first-order chi connectivity index (χ1) is 9.06. The van der Waals surface area contributed by atoms with Crippen LogP contribution in [0, 0.1) is 5.92 Å². The number of hydrogen-bond donors (Lipinski definition) is 1. The molecule has 1 aliphatic rings. The van der Waals surface area contributed by atoms with Crippen molar-refractivity contribution in [2.24, 2.45) is 5.92 Å². The Hall–Kier alpha value is -1.33. The number of rotatable bonds is 2. The third-order valence-electron chi connectivity index (χ3n) is 3.60. The summed E-state index contributed by atoms with van der Waals surface area (Å²) in [7, 11) is 0. The smallest absolute Gasteiger partial charge is 0.306 e. The van der Waals surface area contributed by atoms with Crippen molar-refractivity contribution < 1.29 is 9.90 Å². The van der Waals surface area contributed by atoms with E-state index in [1.165, 1.54) is 0 Å². The second-order valence-electron chi connectivity index (χ2n) is 4.75. The molecule has 2 aromatic rings. The fourth-order valence-corrected chi connectivity index (χ4v) is 3.12. The van der Waals surface area contributed by atoms with E-state index in [1.807, 2.05) is 4.57 Å². The van der Waals surface area contributed by atoms with Gasteiger partial charge in [0.15, 0.2) is 5.65 Å². The molecule has 0 saturated heterocycles. The summed E-state index contributed by atoms with van der Waals surface area (Å²) < 4.78 is 1.88. The van der Waals surface area contributed by atoms with E-state index < -0.39 is 5.97 Å². The summed E-state index contributed by atoms with van der Waals surface area (Å²) in [5, 5.41) is 9.82. The van der Waals surface area contributed by atoms with E-state index in [9.17, 15) is 4.79 Å². The van der Waals surface area contributed by atoms with Gasteiger partial charge in [0, 0.05) is 6.04 Å². The molecule has 1 fully saturated rings. The van der Waals surface area contributed by atoms with Crippen LogP contribution in [0.4, 0.5) is 0 Å². The lowest BCUT2D eigenvalue weighted by atomic mass is 10.1. The van der Waals surface area contributed by atoms with E-state index in [0.717, 1.165) is 6.42 Å². The van der Waals surface area contributed by atoms with E-state index in [0.29, 0.717) is 34.2 Å². The van der Waals surface area contributed by atoms with Crippen LogP contribution in [0.2, 0.25) is 10.2 Å². The number of carbonyl (C=O) groups is 1. The maximum absolute atomic E-state index is 11.0. The summed E-state index contributed by atoms with van der Waals surface area (Å²) in [6.07, 6.45) is 3.73. The number of carboxylic acid groups (broad SMARTS) is 1. The molecular formula is C12H11Cl2N3O2. The average molecular weight is 300 g/mol. The average Bonchev–Trinajstić information content (AvgIpc) is 2.93. The number of nitrogens with zero attached hydrogens (tertiary/aromatic N) is 3. The molecule has 0 aromatic carbocycles. The maximum atomic E-state index is 11.0. The summed E-state index contributed by atoms with van der Waals surface area (Å²) in [6.45, 7) is 0. The van der Waals surface area contributed by atoms with Crippen molar-refractivity contribution in [1.82, 2.24) is 14.5 Å². The molecular weight excluding hydrogens is 289 g/mol. The number of imidazole rings is 1. The Morgan fingerprint density at radius 3 is 2.89 bits per heavy atom. The molecule has 2 atom stereocenters. The van der Waals surface area contributed by atoms with E-state index in [2.05, 4.69) is 9.97 Å². The Kier molecular flexibility index (Phi) is 3.11. The maximum Gasteiger partial charge on any atom is 0.306 e. The second-order valence-corrected chi connectivity index (χ2v) is 5.55. The molecule has 2 aromatic heterocycles. The summed E-state index contributed by atoms with van der Waals surface area (Å²) >= 11 is 12.0. The van der Waals surface area contributed by atoms with E-state index >= 15 is 0 Å². The van der Waals surface area contributed by atoms with Gasteiger partial charge >= 0.3 is 5.97 Å². The van der Waals surface area contributed by atoms with Crippen molar-refractivity contribution in [1.29, 1.82) is 0 Å². The molecule has 1 unspecified atom stereocenters. The van der Waals surface area contributed by atoms with Crippen LogP contribution in [0.5, 0.6) is 0 Å². The summed E-state index contributed by atoms with van der Waals surface area (Å²) in [5.41, 5.74) is 1.22. The van der Waals surface area contributed by atoms with Crippen LogP contribution in [0.1, 0.15) is 25.3 Å². The minimum Gasteiger partial charge on any atom is -0.481 e. The highest BCUT2D eigenvalue weighted by atomic mass is 35.5. The molecule has 0 radical (unpaired) electrons. The Labute approximate surface area is 119 Å². The number of fused-ring (bicyclic) bond motifs is 1. The first kappa shape index (κ1) is 12.7. The lowest BCUT2D eigenvalue weighted by Crippen LogP contribution is -2.11. The van der Waals surface area contributed by atoms with Crippen molar-refractivity contribution in [3.05, 3.63) is 22.6 Å². The third-order valence-corrected chi connectivity index (χ3v) is 4.08. The molecule has 0 aliphatic heterocycles. The molecule has 100 valence electrons. The highest BCUT2D eigenvalue weighted by Crippen LogP contribution is 2.37. The van der Waals surface area contributed by atoms with Crippen LogP contribution < -0.4 is 0 Å². The second kappa shape index (κ2) is 4.65. The zero-order chi connectivity index (χ0) is 13.6. The van der Waals surface area contributed by atoms with Crippen molar-refractivity contribution >= 4 is 40.3 Å². The van der Waals surface area contributed by atoms with Crippen LogP contribution in [-0.4, -0.2) is 25.6 Å². The minimum atomic E-state index is -0.740. The van der Waals surface area contributed by atoms with Crippen LogP contribution >= 0.6 is 23.2 Å². The number of pyridine rings is 1. The van der Waals surface area contributed by atoms with E-state index in [-0.39, 0.29) is 12.0 Å². The van der Waals surface area contributed by atoms with Crippen molar-refractivity contribution in [3.63, 3.8) is 0 Å². The van der Waals surface area contributed by atoms with Crippen LogP contribution in [-0.2, 0) is 4.79 Å². The van der Waals surface area contributed by atoms with Gasteiger partial charge in [-0.1, -0.05) is 23.2 Å². The number of carboxylic acids is 1. The Morgan fingerprint density at radius 2 is 2.21 bits per heavy atom. The van der Waals surface area contributed by atoms with Gasteiger partial charge in [0.05, 0.1) is 17.3 Å². The SMILES string of the molecule is O=C(O)C1CC[C@H](n2cnc3c(Cl)cc(Cl)nc32)C1. The molecule has 1 saturated carbocycles. The molecule has 0 spiro atoms. The predicted octanol–water partition coefficient (Wildman–Crippen LogP) is 3.16. The zero-order valence-corrected chi connectivity index (χ0v) is 11.4. The molecule has 0 bridgehead atoms. The molecule has 0 amide bonds. The van der Waals surface area contributed by atoms with Gasteiger partial charge in [-0.15, -0.1) is 0 Å². The van der Waals surface area contributed by atoms with Crippen LogP contribution in [0.25, 0.3) is 11.2 Å². The molecule has 2 heterocycles. The van der Waals surface area contributed by atoms with Gasteiger partial charge in [-0.05, 0) is 25.3 Å². The van der Waals surface area contributed by atoms with Crippen molar-refractivity contribution in [3.8, 4) is 0 Å². The lowest BCUT2D eigenvalue weighted by Gasteiger charge is -2.12. The van der Waals surface area contributed by atoms with Gasteiger partial charge in [0.1, 0.15) is 10.7 Å². The Bertz CT molecular complexity index is 656. The molecule has 19 heavy (non-hydrogen) atoms. The summed E-state index contributed by atoms with van der Waals surface area (Å²) in [6, 6.07) is 1.64. The van der Waals surface area contributed by atoms with Gasteiger partial charge < -0.3 is 9.67 Å².